The number of nitrogens with zero attached hydrogens (tertiary/aromatic N) is 3. The number of nitrogens with one attached hydrogen (secondary N) is 1. The van der Waals surface area contributed by atoms with E-state index in [-0.39, 0.29) is 4.90 Å². The quantitative estimate of drug-likeness (QED) is 0.337. The molecule has 0 amide bonds. The molecule has 10 heteroatoms. The molecule has 0 aliphatic carbocycles. The number of aromatic nitrogens is 2. The van der Waals surface area contributed by atoms with Gasteiger partial charge in [0.05, 0.1) is 10.6 Å². The minimum absolute atomic E-state index is 0.0713. The zero-order valence-electron chi connectivity index (χ0n) is 17.4. The van der Waals surface area contributed by atoms with E-state index in [9.17, 15) is 13.7 Å². The molecule has 0 aliphatic rings. The second-order valence-electron chi connectivity index (χ2n) is 6.91. The number of halogens is 1. The Morgan fingerprint density at radius 1 is 1.12 bits per heavy atom. The van der Waals surface area contributed by atoms with E-state index in [2.05, 4.69) is 28.3 Å². The molecule has 1 aromatic heterocycles. The minimum atomic E-state index is -3.72. The number of hydrogen-bond donors (Lipinski definition) is 2. The molecule has 0 spiro atoms. The molecule has 0 radical (unpaired) electrons. The van der Waals surface area contributed by atoms with Crippen molar-refractivity contribution in [3.63, 3.8) is 0 Å². The lowest BCUT2D eigenvalue weighted by Crippen LogP contribution is -2.12. The summed E-state index contributed by atoms with van der Waals surface area (Å²) in [4.78, 5) is 9.25. The Morgan fingerprint density at radius 2 is 1.81 bits per heavy atom. The highest BCUT2D eigenvalue weighted by Crippen LogP contribution is 2.30. The van der Waals surface area contributed by atoms with Crippen molar-refractivity contribution in [2.45, 2.75) is 29.8 Å². The molecule has 1 heterocycles. The molecule has 0 saturated heterocycles. The van der Waals surface area contributed by atoms with E-state index in [4.69, 9.17) is 16.7 Å². The van der Waals surface area contributed by atoms with Gasteiger partial charge in [0.2, 0.25) is 10.0 Å². The molecule has 3 N–H and O–H groups in total. The highest BCUT2D eigenvalue weighted by molar-refractivity contribution is 7.99. The SMILES string of the molecule is CCCSc1nc(NCCc2ccc(S(N)(=O)=O)cc2)c(C#N)c(-c2ccc(Cl)cc2)n1. The average molecular weight is 488 g/mol. The molecular weight excluding hydrogens is 466 g/mol. The molecule has 7 nitrogen and oxygen atoms in total. The Kier molecular flexibility index (Phi) is 8.10. The Labute approximate surface area is 197 Å². The van der Waals surface area contributed by atoms with Crippen molar-refractivity contribution in [2.75, 3.05) is 17.6 Å². The van der Waals surface area contributed by atoms with Gasteiger partial charge in [-0.05, 0) is 42.7 Å². The number of rotatable bonds is 9. The summed E-state index contributed by atoms with van der Waals surface area (Å²) in [5.41, 5.74) is 2.62. The van der Waals surface area contributed by atoms with E-state index in [1.54, 1.807) is 24.3 Å². The Balaban J connectivity index is 1.85. The van der Waals surface area contributed by atoms with Gasteiger partial charge in [0.1, 0.15) is 17.5 Å². The van der Waals surface area contributed by atoms with Gasteiger partial charge >= 0.3 is 0 Å². The van der Waals surface area contributed by atoms with Crippen LogP contribution in [0.5, 0.6) is 0 Å². The predicted octanol–water partition coefficient (Wildman–Crippen LogP) is 4.47. The van der Waals surface area contributed by atoms with Crippen molar-refractivity contribution >= 4 is 39.2 Å². The van der Waals surface area contributed by atoms with E-state index in [0.717, 1.165) is 23.3 Å². The normalized spacial score (nSPS) is 11.2. The third kappa shape index (κ3) is 6.20. The first-order chi connectivity index (χ1) is 15.3. The van der Waals surface area contributed by atoms with Crippen LogP contribution in [0.3, 0.4) is 0 Å². The molecule has 0 saturated carbocycles. The summed E-state index contributed by atoms with van der Waals surface area (Å²) in [7, 11) is -3.72. The number of primary sulfonamides is 1. The maximum atomic E-state index is 11.4. The highest BCUT2D eigenvalue weighted by atomic mass is 35.5. The maximum Gasteiger partial charge on any atom is 0.238 e. The van der Waals surface area contributed by atoms with E-state index in [1.807, 2.05) is 12.1 Å². The Bertz CT molecular complexity index is 1220. The van der Waals surface area contributed by atoms with Crippen molar-refractivity contribution < 1.29 is 8.42 Å². The molecule has 2 aromatic carbocycles. The number of anilines is 1. The van der Waals surface area contributed by atoms with E-state index in [1.165, 1.54) is 23.9 Å². The van der Waals surface area contributed by atoms with Gasteiger partial charge in [0.25, 0.3) is 0 Å². The van der Waals surface area contributed by atoms with E-state index >= 15 is 0 Å². The molecule has 0 atom stereocenters. The van der Waals surface area contributed by atoms with Crippen LogP contribution < -0.4 is 10.5 Å². The zero-order valence-corrected chi connectivity index (χ0v) is 19.8. The number of thioether (sulfide) groups is 1. The van der Waals surface area contributed by atoms with Crippen molar-refractivity contribution in [3.05, 3.63) is 64.7 Å². The van der Waals surface area contributed by atoms with Gasteiger partial charge in [0.15, 0.2) is 5.16 Å². The van der Waals surface area contributed by atoms with E-state index < -0.39 is 10.0 Å². The number of nitriles is 1. The zero-order chi connectivity index (χ0) is 23.1. The first-order valence-corrected chi connectivity index (χ1v) is 12.8. The van der Waals surface area contributed by atoms with Crippen LogP contribution in [0.4, 0.5) is 5.82 Å². The monoisotopic (exact) mass is 487 g/mol. The fourth-order valence-corrected chi connectivity index (χ4v) is 4.26. The highest BCUT2D eigenvalue weighted by Gasteiger charge is 2.16. The number of nitrogens with two attached hydrogens (primary N) is 1. The van der Waals surface area contributed by atoms with Gasteiger partial charge in [-0.3, -0.25) is 0 Å². The summed E-state index contributed by atoms with van der Waals surface area (Å²) in [5, 5.41) is 19.4. The van der Waals surface area contributed by atoms with Crippen LogP contribution in [0.2, 0.25) is 5.02 Å². The van der Waals surface area contributed by atoms with Gasteiger partial charge in [-0.25, -0.2) is 23.5 Å². The first-order valence-electron chi connectivity index (χ1n) is 9.88. The van der Waals surface area contributed by atoms with Gasteiger partial charge in [-0.2, -0.15) is 5.26 Å². The summed E-state index contributed by atoms with van der Waals surface area (Å²) in [5.74, 6) is 1.33. The fraction of sp³-hybridized carbons (Fsp3) is 0.227. The predicted molar refractivity (Wildman–Crippen MR) is 128 cm³/mol. The lowest BCUT2D eigenvalue weighted by atomic mass is 10.1. The van der Waals surface area contributed by atoms with Crippen molar-refractivity contribution in [3.8, 4) is 17.3 Å². The van der Waals surface area contributed by atoms with Gasteiger partial charge in [0, 0.05) is 22.9 Å². The summed E-state index contributed by atoms with van der Waals surface area (Å²) in [6, 6.07) is 15.8. The summed E-state index contributed by atoms with van der Waals surface area (Å²) < 4.78 is 22.8. The molecule has 0 unspecified atom stereocenters. The van der Waals surface area contributed by atoms with E-state index in [0.29, 0.717) is 40.2 Å². The maximum absolute atomic E-state index is 11.4. The summed E-state index contributed by atoms with van der Waals surface area (Å²) >= 11 is 7.54. The number of sulfonamides is 1. The molecule has 3 aromatic rings. The van der Waals surface area contributed by atoms with Crippen molar-refractivity contribution in [1.29, 1.82) is 5.26 Å². The third-order valence-corrected chi connectivity index (χ3v) is 6.75. The molecule has 166 valence electrons. The summed E-state index contributed by atoms with van der Waals surface area (Å²) in [6.07, 6.45) is 1.58. The molecule has 32 heavy (non-hydrogen) atoms. The largest absolute Gasteiger partial charge is 0.368 e. The lowest BCUT2D eigenvalue weighted by molar-refractivity contribution is 0.598. The smallest absolute Gasteiger partial charge is 0.238 e. The molecule has 0 aliphatic heterocycles. The Hall–Kier alpha value is -2.64. The van der Waals surface area contributed by atoms with Crippen LogP contribution in [0.25, 0.3) is 11.3 Å². The van der Waals surface area contributed by atoms with Crippen LogP contribution in [0, 0.1) is 11.3 Å². The second kappa shape index (κ2) is 10.8. The number of benzene rings is 2. The fourth-order valence-electron chi connectivity index (χ4n) is 2.92. The minimum Gasteiger partial charge on any atom is -0.368 e. The third-order valence-electron chi connectivity index (χ3n) is 4.51. The Morgan fingerprint density at radius 3 is 2.41 bits per heavy atom. The van der Waals surface area contributed by atoms with Gasteiger partial charge < -0.3 is 5.32 Å². The summed E-state index contributed by atoms with van der Waals surface area (Å²) in [6.45, 7) is 2.58. The average Bonchev–Trinajstić information content (AvgIpc) is 2.77. The lowest BCUT2D eigenvalue weighted by Gasteiger charge is -2.13. The van der Waals surface area contributed by atoms with Crippen molar-refractivity contribution in [1.82, 2.24) is 9.97 Å². The van der Waals surface area contributed by atoms with Crippen LogP contribution in [0.1, 0.15) is 24.5 Å². The van der Waals surface area contributed by atoms with Crippen LogP contribution in [0.15, 0.2) is 58.6 Å². The van der Waals surface area contributed by atoms with Crippen LogP contribution in [-0.4, -0.2) is 30.7 Å². The number of hydrogen-bond acceptors (Lipinski definition) is 7. The standard InChI is InChI=1S/C22H22ClN5O2S2/c1-2-13-31-22-27-20(16-5-7-17(23)8-6-16)19(14-24)21(28-22)26-12-11-15-3-9-18(10-4-15)32(25,29)30/h3-10H,2,11-13H2,1H3,(H2,25,29,30)(H,26,27,28). The molecular formula is C22H22ClN5O2S2. The van der Waals surface area contributed by atoms with Crippen molar-refractivity contribution in [2.24, 2.45) is 5.14 Å². The topological polar surface area (TPSA) is 122 Å². The molecule has 0 bridgehead atoms. The van der Waals surface area contributed by atoms with Gasteiger partial charge in [-0.15, -0.1) is 0 Å². The van der Waals surface area contributed by atoms with Crippen LogP contribution in [-0.2, 0) is 16.4 Å². The molecule has 0 fully saturated rings. The first kappa shape index (κ1) is 24.0. The van der Waals surface area contributed by atoms with Gasteiger partial charge in [-0.1, -0.05) is 54.6 Å². The van der Waals surface area contributed by atoms with Crippen LogP contribution >= 0.6 is 23.4 Å². The molecule has 3 rings (SSSR count). The second-order valence-corrected chi connectivity index (χ2v) is 9.97.